The lowest BCUT2D eigenvalue weighted by Crippen LogP contribution is -2.48. The Morgan fingerprint density at radius 2 is 1.72 bits per heavy atom. The van der Waals surface area contributed by atoms with Gasteiger partial charge in [0, 0.05) is 18.7 Å². The molecule has 0 aromatic heterocycles. The second-order valence-electron chi connectivity index (χ2n) is 7.82. The Morgan fingerprint density at radius 3 is 2.31 bits per heavy atom. The Balaban J connectivity index is 1.59. The maximum absolute atomic E-state index is 12.9. The molecule has 2 unspecified atom stereocenters. The molecular formula is C22H26ClN3O5S. The first-order chi connectivity index (χ1) is 15.1. The van der Waals surface area contributed by atoms with Crippen LogP contribution in [0.3, 0.4) is 0 Å². The third kappa shape index (κ3) is 5.86. The summed E-state index contributed by atoms with van der Waals surface area (Å²) >= 11 is 6.09. The topological polar surface area (TPSA) is 105 Å². The van der Waals surface area contributed by atoms with Crippen LogP contribution in [-0.2, 0) is 19.6 Å². The van der Waals surface area contributed by atoms with Crippen molar-refractivity contribution in [3.63, 3.8) is 0 Å². The summed E-state index contributed by atoms with van der Waals surface area (Å²) in [6.07, 6.45) is -0.390. The maximum atomic E-state index is 12.9. The molecular weight excluding hydrogens is 454 g/mol. The van der Waals surface area contributed by atoms with Crippen LogP contribution in [-0.4, -0.2) is 56.4 Å². The Morgan fingerprint density at radius 1 is 1.09 bits per heavy atom. The lowest BCUT2D eigenvalue weighted by molar-refractivity contribution is -0.115. The first-order valence-corrected chi connectivity index (χ1v) is 12.0. The van der Waals surface area contributed by atoms with Crippen LogP contribution < -0.4 is 10.6 Å². The van der Waals surface area contributed by atoms with Gasteiger partial charge in [-0.1, -0.05) is 17.7 Å². The molecule has 1 aliphatic rings. The van der Waals surface area contributed by atoms with Crippen LogP contribution in [0.15, 0.2) is 47.4 Å². The lowest BCUT2D eigenvalue weighted by atomic mass is 10.2. The summed E-state index contributed by atoms with van der Waals surface area (Å²) in [6, 6.07) is 10.8. The van der Waals surface area contributed by atoms with Crippen LogP contribution in [0.5, 0.6) is 0 Å². The largest absolute Gasteiger partial charge is 0.373 e. The van der Waals surface area contributed by atoms with Gasteiger partial charge in [-0.2, -0.15) is 4.31 Å². The molecule has 0 bridgehead atoms. The highest BCUT2D eigenvalue weighted by Gasteiger charge is 2.32. The molecule has 0 spiro atoms. The Kier molecular flexibility index (Phi) is 7.55. The fourth-order valence-electron chi connectivity index (χ4n) is 3.43. The lowest BCUT2D eigenvalue weighted by Gasteiger charge is -2.34. The number of ether oxygens (including phenoxy) is 1. The number of benzene rings is 2. The van der Waals surface area contributed by atoms with Gasteiger partial charge in [-0.05, 0) is 62.7 Å². The van der Waals surface area contributed by atoms with E-state index in [0.29, 0.717) is 10.7 Å². The highest BCUT2D eigenvalue weighted by Crippen LogP contribution is 2.23. The summed E-state index contributed by atoms with van der Waals surface area (Å²) in [4.78, 5) is 24.6. The summed E-state index contributed by atoms with van der Waals surface area (Å²) < 4.78 is 32.8. The summed E-state index contributed by atoms with van der Waals surface area (Å²) in [5.74, 6) is -0.924. The predicted octanol–water partition coefficient (Wildman–Crippen LogP) is 2.81. The van der Waals surface area contributed by atoms with Crippen LogP contribution in [0.4, 0.5) is 5.69 Å². The number of anilines is 1. The van der Waals surface area contributed by atoms with E-state index in [9.17, 15) is 18.0 Å². The van der Waals surface area contributed by atoms with Gasteiger partial charge in [-0.25, -0.2) is 8.42 Å². The van der Waals surface area contributed by atoms with E-state index in [1.165, 1.54) is 28.6 Å². The third-order valence-electron chi connectivity index (χ3n) is 4.95. The number of hydrogen-bond donors (Lipinski definition) is 2. The van der Waals surface area contributed by atoms with Gasteiger partial charge < -0.3 is 15.4 Å². The van der Waals surface area contributed by atoms with Gasteiger partial charge in [-0.15, -0.1) is 0 Å². The van der Waals surface area contributed by atoms with E-state index in [0.717, 1.165) is 5.56 Å². The van der Waals surface area contributed by atoms with Gasteiger partial charge in [0.25, 0.3) is 5.91 Å². The molecule has 0 saturated carbocycles. The van der Waals surface area contributed by atoms with Crippen molar-refractivity contribution < 1.29 is 22.7 Å². The van der Waals surface area contributed by atoms with E-state index in [1.807, 2.05) is 26.8 Å². The van der Waals surface area contributed by atoms with Gasteiger partial charge >= 0.3 is 0 Å². The van der Waals surface area contributed by atoms with E-state index >= 15 is 0 Å². The summed E-state index contributed by atoms with van der Waals surface area (Å²) in [7, 11) is -3.69. The van der Waals surface area contributed by atoms with Gasteiger partial charge in [-0.3, -0.25) is 9.59 Å². The van der Waals surface area contributed by atoms with Crippen molar-refractivity contribution >= 4 is 39.1 Å². The maximum Gasteiger partial charge on any atom is 0.251 e. The van der Waals surface area contributed by atoms with Crippen LogP contribution in [0.1, 0.15) is 29.8 Å². The number of halogens is 1. The van der Waals surface area contributed by atoms with E-state index in [1.54, 1.807) is 12.1 Å². The van der Waals surface area contributed by atoms with Crippen LogP contribution in [0.25, 0.3) is 0 Å². The van der Waals surface area contributed by atoms with E-state index in [2.05, 4.69) is 10.6 Å². The minimum Gasteiger partial charge on any atom is -0.373 e. The molecule has 3 rings (SSSR count). The minimum atomic E-state index is -3.69. The molecule has 2 aromatic rings. The summed E-state index contributed by atoms with van der Waals surface area (Å²) in [5.41, 5.74) is 1.66. The number of aryl methyl sites for hydroxylation is 1. The minimum absolute atomic E-state index is 0.0992. The first kappa shape index (κ1) is 24.2. The number of morpholine rings is 1. The second-order valence-corrected chi connectivity index (χ2v) is 10.2. The zero-order valence-corrected chi connectivity index (χ0v) is 19.7. The van der Waals surface area contributed by atoms with Crippen LogP contribution in [0.2, 0.25) is 5.02 Å². The van der Waals surface area contributed by atoms with Gasteiger partial charge in [0.2, 0.25) is 15.9 Å². The highest BCUT2D eigenvalue weighted by molar-refractivity contribution is 7.89. The fourth-order valence-corrected chi connectivity index (χ4v) is 5.31. The summed E-state index contributed by atoms with van der Waals surface area (Å²) in [5, 5.41) is 5.56. The molecule has 2 N–H and O–H groups in total. The Hall–Kier alpha value is -2.46. The monoisotopic (exact) mass is 479 g/mol. The highest BCUT2D eigenvalue weighted by atomic mass is 35.5. The van der Waals surface area contributed by atoms with E-state index in [4.69, 9.17) is 16.3 Å². The number of rotatable bonds is 6. The van der Waals surface area contributed by atoms with Gasteiger partial charge in [0.05, 0.1) is 34.4 Å². The predicted molar refractivity (Wildman–Crippen MR) is 122 cm³/mol. The van der Waals surface area contributed by atoms with Crippen molar-refractivity contribution in [3.8, 4) is 0 Å². The van der Waals surface area contributed by atoms with Crippen molar-refractivity contribution in [2.45, 2.75) is 37.9 Å². The van der Waals surface area contributed by atoms with Crippen molar-refractivity contribution in [3.05, 3.63) is 58.6 Å². The number of carbonyl (C=O) groups excluding carboxylic acids is 2. The molecule has 2 amide bonds. The normalized spacial score (nSPS) is 19.4. The SMILES string of the molecule is Cc1ccc(NC(=O)CNC(=O)c2ccc(S(=O)(=O)N3CC(C)OC(C)C3)cc2)c(Cl)c1. The molecule has 1 aliphatic heterocycles. The Labute approximate surface area is 192 Å². The molecule has 1 fully saturated rings. The van der Waals surface area contributed by atoms with Gasteiger partial charge in [0.15, 0.2) is 0 Å². The molecule has 8 nitrogen and oxygen atoms in total. The smallest absolute Gasteiger partial charge is 0.251 e. The Bertz CT molecular complexity index is 1100. The standard InChI is InChI=1S/C22H26ClN3O5S/c1-14-4-9-20(19(23)10-14)25-21(27)11-24-22(28)17-5-7-18(8-6-17)32(29,30)26-12-15(2)31-16(3)13-26/h4-10,15-16H,11-13H2,1-3H3,(H,24,28)(H,25,27). The molecule has 2 aromatic carbocycles. The molecule has 172 valence electrons. The number of sulfonamides is 1. The van der Waals surface area contributed by atoms with Crippen molar-refractivity contribution in [2.24, 2.45) is 0 Å². The molecule has 0 radical (unpaired) electrons. The van der Waals surface area contributed by atoms with Crippen molar-refractivity contribution in [2.75, 3.05) is 25.0 Å². The van der Waals surface area contributed by atoms with Gasteiger partial charge in [0.1, 0.15) is 0 Å². The number of amides is 2. The third-order valence-corrected chi connectivity index (χ3v) is 7.11. The molecule has 1 heterocycles. The number of nitrogens with one attached hydrogen (secondary N) is 2. The van der Waals surface area contributed by atoms with Crippen LogP contribution in [0, 0.1) is 6.92 Å². The zero-order valence-electron chi connectivity index (χ0n) is 18.1. The van der Waals surface area contributed by atoms with Crippen LogP contribution >= 0.6 is 11.6 Å². The summed E-state index contributed by atoms with van der Waals surface area (Å²) in [6.45, 7) is 5.83. The molecule has 32 heavy (non-hydrogen) atoms. The quantitative estimate of drug-likeness (QED) is 0.662. The average molecular weight is 480 g/mol. The molecule has 2 atom stereocenters. The number of nitrogens with zero attached hydrogens (tertiary/aromatic N) is 1. The second kappa shape index (κ2) is 9.99. The van der Waals surface area contributed by atoms with E-state index in [-0.39, 0.29) is 42.3 Å². The zero-order chi connectivity index (χ0) is 23.5. The number of hydrogen-bond acceptors (Lipinski definition) is 5. The molecule has 1 saturated heterocycles. The van der Waals surface area contributed by atoms with Crippen molar-refractivity contribution in [1.29, 1.82) is 0 Å². The molecule has 10 heteroatoms. The van der Waals surface area contributed by atoms with Crippen molar-refractivity contribution in [1.82, 2.24) is 9.62 Å². The number of carbonyl (C=O) groups is 2. The molecule has 0 aliphatic carbocycles. The average Bonchev–Trinajstić information content (AvgIpc) is 2.73. The van der Waals surface area contributed by atoms with E-state index < -0.39 is 21.8 Å². The first-order valence-electron chi connectivity index (χ1n) is 10.2. The fraction of sp³-hybridized carbons (Fsp3) is 0.364.